The van der Waals surface area contributed by atoms with Crippen LogP contribution in [0.5, 0.6) is 0 Å². The summed E-state index contributed by atoms with van der Waals surface area (Å²) in [6, 6.07) is 0. The Hall–Kier alpha value is -2.07. The van der Waals surface area contributed by atoms with Crippen LogP contribution in [-0.4, -0.2) is 65.0 Å². The Morgan fingerprint density at radius 2 is 2.13 bits per heavy atom. The number of aromatic nitrogens is 2. The van der Waals surface area contributed by atoms with Gasteiger partial charge in [-0.15, -0.1) is 11.3 Å². The maximum atomic E-state index is 12.7. The largest absolute Gasteiger partial charge is 0.457 e. The molecule has 0 saturated heterocycles. The van der Waals surface area contributed by atoms with Gasteiger partial charge in [0, 0.05) is 13.2 Å². The molecule has 0 spiro atoms. The van der Waals surface area contributed by atoms with Crippen LogP contribution in [0.3, 0.4) is 0 Å². The molecule has 0 aliphatic rings. The summed E-state index contributed by atoms with van der Waals surface area (Å²) in [5, 5.41) is 10.7. The molecule has 0 aliphatic carbocycles. The van der Waals surface area contributed by atoms with Gasteiger partial charge >= 0.3 is 5.97 Å². The van der Waals surface area contributed by atoms with E-state index >= 15 is 0 Å². The third-order valence-electron chi connectivity index (χ3n) is 4.51. The minimum Gasteiger partial charge on any atom is -0.457 e. The third-order valence-corrected chi connectivity index (χ3v) is 5.68. The molecule has 2 heterocycles. The average molecular weight is 452 g/mol. The number of rotatable bonds is 13. The number of hydrogen-bond acceptors (Lipinski definition) is 8. The highest BCUT2D eigenvalue weighted by Gasteiger charge is 2.21. The predicted molar refractivity (Wildman–Crippen MR) is 123 cm³/mol. The van der Waals surface area contributed by atoms with Crippen LogP contribution in [0.25, 0.3) is 10.2 Å². The Balaban J connectivity index is 2.17. The number of hydrogen-bond donors (Lipinski definition) is 2. The van der Waals surface area contributed by atoms with Gasteiger partial charge < -0.3 is 19.6 Å². The fraction of sp³-hybridized carbons (Fsp3) is 0.591. The molecule has 0 aliphatic heterocycles. The number of esters is 1. The smallest absolute Gasteiger partial charge is 0.348 e. The van der Waals surface area contributed by atoms with E-state index in [2.05, 4.69) is 37.3 Å². The van der Waals surface area contributed by atoms with Crippen molar-refractivity contribution in [3.8, 4) is 0 Å². The van der Waals surface area contributed by atoms with Gasteiger partial charge in [-0.2, -0.15) is 0 Å². The lowest BCUT2D eigenvalue weighted by Crippen LogP contribution is -2.36. The second kappa shape index (κ2) is 12.1. The van der Waals surface area contributed by atoms with Crippen molar-refractivity contribution in [1.82, 2.24) is 14.9 Å². The molecular formula is C22H33N3O5S. The number of H-pyrrole nitrogens is 1. The lowest BCUT2D eigenvalue weighted by Gasteiger charge is -2.24. The van der Waals surface area contributed by atoms with Crippen molar-refractivity contribution >= 4 is 27.5 Å². The zero-order valence-corrected chi connectivity index (χ0v) is 19.6. The highest BCUT2D eigenvalue weighted by molar-refractivity contribution is 7.20. The van der Waals surface area contributed by atoms with E-state index in [1.54, 1.807) is 6.92 Å². The van der Waals surface area contributed by atoms with E-state index in [0.717, 1.165) is 24.3 Å². The number of carbonyl (C=O) groups is 1. The summed E-state index contributed by atoms with van der Waals surface area (Å²) in [7, 11) is 0. The number of thiophene rings is 1. The van der Waals surface area contributed by atoms with Crippen molar-refractivity contribution in [1.29, 1.82) is 0 Å². The number of aliphatic hydroxyl groups excluding tert-OH is 1. The zero-order chi connectivity index (χ0) is 23.0. The molecule has 1 atom stereocenters. The van der Waals surface area contributed by atoms with Crippen LogP contribution >= 0.6 is 11.3 Å². The Bertz CT molecular complexity index is 937. The fourth-order valence-corrected chi connectivity index (χ4v) is 4.31. The monoisotopic (exact) mass is 451 g/mol. The van der Waals surface area contributed by atoms with Gasteiger partial charge in [0.25, 0.3) is 5.56 Å². The van der Waals surface area contributed by atoms with Gasteiger partial charge in [0.1, 0.15) is 22.1 Å². The topological polar surface area (TPSA) is 105 Å². The first-order valence-corrected chi connectivity index (χ1v) is 11.4. The maximum absolute atomic E-state index is 12.7. The quantitative estimate of drug-likeness (QED) is 0.356. The Kier molecular flexibility index (Phi) is 9.83. The van der Waals surface area contributed by atoms with Crippen molar-refractivity contribution in [2.75, 3.05) is 32.9 Å². The molecule has 1 unspecified atom stereocenters. The van der Waals surface area contributed by atoms with Gasteiger partial charge in [0.2, 0.25) is 0 Å². The summed E-state index contributed by atoms with van der Waals surface area (Å²) >= 11 is 1.15. The molecule has 172 valence electrons. The number of fused-ring (bicyclic) bond motifs is 1. The molecule has 8 nitrogen and oxygen atoms in total. The van der Waals surface area contributed by atoms with E-state index in [4.69, 9.17) is 9.47 Å². The van der Waals surface area contributed by atoms with Crippen LogP contribution in [-0.2, 0) is 16.0 Å². The molecule has 0 aromatic carbocycles. The highest BCUT2D eigenvalue weighted by atomic mass is 32.1. The van der Waals surface area contributed by atoms with Crippen LogP contribution in [0.4, 0.5) is 0 Å². The molecule has 0 fully saturated rings. The number of aryl methyl sites for hydroxylation is 1. The zero-order valence-electron chi connectivity index (χ0n) is 18.8. The SMILES string of the molecule is C=CCOC(=O)c1sc2nc(CN(CCC)CC(O)COCC(C)C)[nH]c(=O)c2c1C. The van der Waals surface area contributed by atoms with E-state index < -0.39 is 12.1 Å². The summed E-state index contributed by atoms with van der Waals surface area (Å²) in [6.45, 7) is 13.9. The Morgan fingerprint density at radius 1 is 1.39 bits per heavy atom. The molecular weight excluding hydrogens is 418 g/mol. The van der Waals surface area contributed by atoms with Crippen LogP contribution < -0.4 is 5.56 Å². The molecule has 2 rings (SSSR count). The number of aromatic amines is 1. The number of aliphatic hydroxyl groups is 1. The number of nitrogens with one attached hydrogen (secondary N) is 1. The molecule has 2 aromatic rings. The lowest BCUT2D eigenvalue weighted by atomic mass is 10.2. The van der Waals surface area contributed by atoms with Gasteiger partial charge in [0.05, 0.1) is 24.6 Å². The van der Waals surface area contributed by atoms with Gasteiger partial charge in [-0.05, 0) is 31.4 Å². The number of carbonyl (C=O) groups excluding carboxylic acids is 1. The maximum Gasteiger partial charge on any atom is 0.348 e. The second-order valence-corrected chi connectivity index (χ2v) is 8.96. The molecule has 31 heavy (non-hydrogen) atoms. The molecule has 0 amide bonds. The first kappa shape index (κ1) is 25.2. The van der Waals surface area contributed by atoms with Gasteiger partial charge in [-0.25, -0.2) is 9.78 Å². The average Bonchev–Trinajstić information content (AvgIpc) is 3.02. The highest BCUT2D eigenvalue weighted by Crippen LogP contribution is 2.27. The molecule has 9 heteroatoms. The molecule has 2 aromatic heterocycles. The van der Waals surface area contributed by atoms with Crippen LogP contribution in [0.15, 0.2) is 17.4 Å². The van der Waals surface area contributed by atoms with E-state index in [0.29, 0.717) is 52.1 Å². The van der Waals surface area contributed by atoms with Gasteiger partial charge in [-0.3, -0.25) is 9.69 Å². The van der Waals surface area contributed by atoms with Crippen molar-refractivity contribution < 1.29 is 19.4 Å². The van der Waals surface area contributed by atoms with Gasteiger partial charge in [0.15, 0.2) is 0 Å². The van der Waals surface area contributed by atoms with Crippen molar-refractivity contribution in [3.05, 3.63) is 39.3 Å². The Morgan fingerprint density at radius 3 is 2.77 bits per heavy atom. The lowest BCUT2D eigenvalue weighted by molar-refractivity contribution is 0.00657. The van der Waals surface area contributed by atoms with Crippen LogP contribution in [0.2, 0.25) is 0 Å². The van der Waals surface area contributed by atoms with E-state index in [1.807, 2.05) is 4.90 Å². The minimum absolute atomic E-state index is 0.108. The first-order valence-electron chi connectivity index (χ1n) is 10.5. The van der Waals surface area contributed by atoms with E-state index in [1.165, 1.54) is 6.08 Å². The Labute approximate surface area is 186 Å². The standard InChI is InChI=1S/C22H33N3O5S/c1-6-8-25(10-16(26)13-29-12-14(3)4)11-17-23-20(27)18-15(5)19(31-21(18)24-17)22(28)30-9-7-2/h7,14,16,26H,2,6,8-13H2,1,3-5H3,(H,23,24,27). The van der Waals surface area contributed by atoms with E-state index in [9.17, 15) is 14.7 Å². The van der Waals surface area contributed by atoms with Crippen LogP contribution in [0, 0.1) is 12.8 Å². The molecule has 2 N–H and O–H groups in total. The number of ether oxygens (including phenoxy) is 2. The summed E-state index contributed by atoms with van der Waals surface area (Å²) < 4.78 is 10.6. The normalized spacial score (nSPS) is 12.6. The fourth-order valence-electron chi connectivity index (χ4n) is 3.21. The minimum atomic E-state index is -0.629. The third kappa shape index (κ3) is 7.24. The van der Waals surface area contributed by atoms with E-state index in [-0.39, 0.29) is 18.8 Å². The van der Waals surface area contributed by atoms with Crippen LogP contribution in [0.1, 0.15) is 48.3 Å². The first-order chi connectivity index (χ1) is 14.8. The summed E-state index contributed by atoms with van der Waals surface area (Å²) in [5.41, 5.74) is 0.284. The molecule has 0 radical (unpaired) electrons. The van der Waals surface area contributed by atoms with Gasteiger partial charge in [-0.1, -0.05) is 33.4 Å². The summed E-state index contributed by atoms with van der Waals surface area (Å²) in [6.07, 6.45) is 1.76. The van der Waals surface area contributed by atoms with Crippen molar-refractivity contribution in [3.63, 3.8) is 0 Å². The molecule has 0 bridgehead atoms. The number of nitrogens with zero attached hydrogens (tertiary/aromatic N) is 2. The summed E-state index contributed by atoms with van der Waals surface area (Å²) in [4.78, 5) is 35.3. The van der Waals surface area contributed by atoms with Crippen molar-refractivity contribution in [2.45, 2.75) is 46.8 Å². The second-order valence-electron chi connectivity index (χ2n) is 7.96. The predicted octanol–water partition coefficient (Wildman–Crippen LogP) is 2.88. The van der Waals surface area contributed by atoms with Crippen molar-refractivity contribution in [2.24, 2.45) is 5.92 Å². The summed E-state index contributed by atoms with van der Waals surface area (Å²) in [5.74, 6) is 0.417. The molecule has 0 saturated carbocycles.